The molecule has 0 spiro atoms. The predicted octanol–water partition coefficient (Wildman–Crippen LogP) is 5.41. The molecule has 8 heteroatoms. The maximum Gasteiger partial charge on any atom is 0.203 e. The topological polar surface area (TPSA) is 95.5 Å². The zero-order valence-electron chi connectivity index (χ0n) is 20.8. The number of benzene rings is 3. The minimum absolute atomic E-state index is 0.0990. The van der Waals surface area contributed by atoms with Crippen molar-refractivity contribution in [3.8, 4) is 34.5 Å². The second-order valence-corrected chi connectivity index (χ2v) is 7.48. The number of hydrogen-bond donors (Lipinski definition) is 2. The summed E-state index contributed by atoms with van der Waals surface area (Å²) in [6.45, 7) is 0. The third-order valence-electron chi connectivity index (χ3n) is 5.28. The molecule has 188 valence electrons. The van der Waals surface area contributed by atoms with E-state index >= 15 is 0 Å². The Morgan fingerprint density at radius 1 is 0.722 bits per heavy atom. The molecule has 0 amide bonds. The Labute approximate surface area is 210 Å². The monoisotopic (exact) mass is 491 g/mol. The van der Waals surface area contributed by atoms with Crippen molar-refractivity contribution >= 4 is 23.6 Å². The maximum absolute atomic E-state index is 12.4. The summed E-state index contributed by atoms with van der Waals surface area (Å²) in [4.78, 5) is 12.4. The molecule has 0 radical (unpaired) electrons. The van der Waals surface area contributed by atoms with Crippen LogP contribution in [0.15, 0.2) is 60.8 Å². The summed E-state index contributed by atoms with van der Waals surface area (Å²) in [5.41, 5.74) is 2.73. The van der Waals surface area contributed by atoms with Gasteiger partial charge >= 0.3 is 0 Å². The van der Waals surface area contributed by atoms with Gasteiger partial charge in [-0.25, -0.2) is 0 Å². The molecule has 0 atom stereocenters. The van der Waals surface area contributed by atoms with Crippen LogP contribution in [0, 0.1) is 0 Å². The first-order valence-corrected chi connectivity index (χ1v) is 10.9. The highest BCUT2D eigenvalue weighted by Crippen LogP contribution is 2.40. The molecular weight excluding hydrogens is 462 g/mol. The Hall–Kier alpha value is -4.59. The van der Waals surface area contributed by atoms with Crippen LogP contribution >= 0.6 is 0 Å². The number of phenols is 1. The number of methoxy groups -OCH3 is 5. The fourth-order valence-corrected chi connectivity index (χ4v) is 3.51. The Bertz CT molecular complexity index is 1240. The Kier molecular flexibility index (Phi) is 8.83. The van der Waals surface area contributed by atoms with Gasteiger partial charge in [0, 0.05) is 17.8 Å². The number of aromatic hydroxyl groups is 1. The molecule has 0 aliphatic carbocycles. The summed E-state index contributed by atoms with van der Waals surface area (Å²) < 4.78 is 27.3. The van der Waals surface area contributed by atoms with Crippen LogP contribution in [-0.2, 0) is 0 Å². The van der Waals surface area contributed by atoms with E-state index in [-0.39, 0.29) is 11.5 Å². The smallest absolute Gasteiger partial charge is 0.203 e. The van der Waals surface area contributed by atoms with Gasteiger partial charge in [-0.1, -0.05) is 12.2 Å². The molecule has 0 aliphatic heterocycles. The molecular formula is C28H29NO7. The van der Waals surface area contributed by atoms with Gasteiger partial charge in [-0.15, -0.1) is 0 Å². The van der Waals surface area contributed by atoms with Crippen LogP contribution in [0.3, 0.4) is 0 Å². The van der Waals surface area contributed by atoms with E-state index in [0.717, 1.165) is 11.1 Å². The number of ketones is 1. The zero-order chi connectivity index (χ0) is 26.1. The second-order valence-electron chi connectivity index (χ2n) is 7.48. The minimum atomic E-state index is -0.216. The van der Waals surface area contributed by atoms with Crippen molar-refractivity contribution in [2.24, 2.45) is 0 Å². The quantitative estimate of drug-likeness (QED) is 0.209. The molecule has 36 heavy (non-hydrogen) atoms. The van der Waals surface area contributed by atoms with Crippen LogP contribution in [0.1, 0.15) is 21.5 Å². The third kappa shape index (κ3) is 6.09. The Morgan fingerprint density at radius 3 is 1.72 bits per heavy atom. The molecule has 3 rings (SSSR count). The molecule has 8 nitrogen and oxygen atoms in total. The minimum Gasteiger partial charge on any atom is -0.508 e. The van der Waals surface area contributed by atoms with Gasteiger partial charge in [0.05, 0.1) is 41.2 Å². The zero-order valence-corrected chi connectivity index (χ0v) is 20.8. The van der Waals surface area contributed by atoms with Crippen LogP contribution in [0.25, 0.3) is 12.2 Å². The van der Waals surface area contributed by atoms with E-state index in [0.29, 0.717) is 40.0 Å². The molecule has 3 aromatic rings. The van der Waals surface area contributed by atoms with Gasteiger partial charge in [-0.2, -0.15) is 0 Å². The number of carbonyl (C=O) groups excluding carboxylic acids is 1. The summed E-state index contributed by atoms with van der Waals surface area (Å²) in [6.07, 6.45) is 6.73. The van der Waals surface area contributed by atoms with Crippen molar-refractivity contribution < 1.29 is 33.6 Å². The number of nitrogens with one attached hydrogen (secondary N) is 1. The number of carbonyl (C=O) groups is 1. The van der Waals surface area contributed by atoms with Crippen LogP contribution in [-0.4, -0.2) is 46.4 Å². The normalized spacial score (nSPS) is 10.9. The van der Waals surface area contributed by atoms with E-state index in [4.69, 9.17) is 23.7 Å². The van der Waals surface area contributed by atoms with Gasteiger partial charge < -0.3 is 34.1 Å². The molecule has 0 aliphatic rings. The van der Waals surface area contributed by atoms with Crippen molar-refractivity contribution in [2.75, 3.05) is 40.9 Å². The summed E-state index contributed by atoms with van der Waals surface area (Å²) >= 11 is 0. The fraction of sp³-hybridized carbons (Fsp3) is 0.179. The lowest BCUT2D eigenvalue weighted by Gasteiger charge is -2.14. The number of phenolic OH excluding ortho intramolecular Hbond substituents is 1. The summed E-state index contributed by atoms with van der Waals surface area (Å²) in [6, 6.07) is 13.4. The van der Waals surface area contributed by atoms with E-state index in [9.17, 15) is 9.90 Å². The van der Waals surface area contributed by atoms with Crippen molar-refractivity contribution in [3.05, 3.63) is 77.5 Å². The van der Waals surface area contributed by atoms with E-state index in [1.807, 2.05) is 36.4 Å². The van der Waals surface area contributed by atoms with Gasteiger partial charge in [0.2, 0.25) is 5.75 Å². The molecule has 0 heterocycles. The Morgan fingerprint density at radius 2 is 1.22 bits per heavy atom. The maximum atomic E-state index is 12.4. The molecule has 0 saturated carbocycles. The van der Waals surface area contributed by atoms with E-state index in [1.165, 1.54) is 24.4 Å². The van der Waals surface area contributed by atoms with Crippen molar-refractivity contribution in [3.63, 3.8) is 0 Å². The number of anilines is 1. The van der Waals surface area contributed by atoms with E-state index in [1.54, 1.807) is 47.7 Å². The largest absolute Gasteiger partial charge is 0.508 e. The molecule has 3 aromatic carbocycles. The number of rotatable bonds is 11. The fourth-order valence-electron chi connectivity index (χ4n) is 3.51. The van der Waals surface area contributed by atoms with Gasteiger partial charge in [0.15, 0.2) is 28.8 Å². The summed E-state index contributed by atoms with van der Waals surface area (Å²) in [7, 11) is 7.78. The lowest BCUT2D eigenvalue weighted by molar-refractivity contribution is 0.104. The van der Waals surface area contributed by atoms with Crippen molar-refractivity contribution in [1.82, 2.24) is 0 Å². The number of allylic oxidation sites excluding steroid dienone is 1. The highest BCUT2D eigenvalue weighted by molar-refractivity contribution is 6.04. The molecule has 0 aromatic heterocycles. The third-order valence-corrected chi connectivity index (χ3v) is 5.28. The summed E-state index contributed by atoms with van der Waals surface area (Å²) in [5.74, 6) is 2.51. The molecule has 0 bridgehead atoms. The molecule has 0 unspecified atom stereocenters. The molecule has 0 saturated heterocycles. The van der Waals surface area contributed by atoms with Crippen LogP contribution < -0.4 is 29.0 Å². The number of ether oxygens (including phenoxy) is 5. The standard InChI is InChI=1S/C28H29NO7/c1-32-24-15-18(6-7-19-16-25(33-2)28(36-5)26(17-19)34-3)14-22(27(24)35-4)29-13-12-23(31)20-8-10-21(30)11-9-20/h6-17,29-30H,1-5H3/b7-6-,13-12-. The van der Waals surface area contributed by atoms with Gasteiger partial charge in [-0.05, 0) is 59.7 Å². The van der Waals surface area contributed by atoms with Crippen LogP contribution in [0.4, 0.5) is 5.69 Å². The van der Waals surface area contributed by atoms with Crippen molar-refractivity contribution in [1.29, 1.82) is 0 Å². The molecule has 0 fully saturated rings. The lowest BCUT2D eigenvalue weighted by atomic mass is 10.1. The van der Waals surface area contributed by atoms with Gasteiger partial charge in [0.1, 0.15) is 5.75 Å². The van der Waals surface area contributed by atoms with Crippen molar-refractivity contribution in [2.45, 2.75) is 0 Å². The highest BCUT2D eigenvalue weighted by Gasteiger charge is 2.13. The average molecular weight is 492 g/mol. The van der Waals surface area contributed by atoms with E-state index in [2.05, 4.69) is 5.32 Å². The number of hydrogen-bond acceptors (Lipinski definition) is 8. The highest BCUT2D eigenvalue weighted by atomic mass is 16.5. The first-order valence-electron chi connectivity index (χ1n) is 10.9. The lowest BCUT2D eigenvalue weighted by Crippen LogP contribution is -1.99. The predicted molar refractivity (Wildman–Crippen MR) is 140 cm³/mol. The second kappa shape index (κ2) is 12.2. The average Bonchev–Trinajstić information content (AvgIpc) is 2.90. The Balaban J connectivity index is 1.89. The van der Waals surface area contributed by atoms with Crippen LogP contribution in [0.5, 0.6) is 34.5 Å². The van der Waals surface area contributed by atoms with E-state index < -0.39 is 0 Å². The summed E-state index contributed by atoms with van der Waals surface area (Å²) in [5, 5.41) is 12.5. The van der Waals surface area contributed by atoms with Crippen LogP contribution in [0.2, 0.25) is 0 Å². The van der Waals surface area contributed by atoms with Gasteiger partial charge in [-0.3, -0.25) is 4.79 Å². The van der Waals surface area contributed by atoms with Gasteiger partial charge in [0.25, 0.3) is 0 Å². The SMILES string of the molecule is COc1cc(/C=C\c2cc(OC)c(OC)c(OC)c2)cc(N/C=C\C(=O)c2ccc(O)cc2)c1OC. The first-order chi connectivity index (χ1) is 17.4. The first kappa shape index (κ1) is 26.0. The molecule has 2 N–H and O–H groups in total.